The SMILES string of the molecule is COc1cc(C#N)cc(-c2cc(-c3nnc(-c4ccc(F)cn4)o3)nc(C)c2F)c1. The molecule has 1 aromatic carbocycles. The lowest BCUT2D eigenvalue weighted by Gasteiger charge is -2.10. The molecule has 0 aliphatic heterocycles. The Morgan fingerprint density at radius 2 is 1.80 bits per heavy atom. The highest BCUT2D eigenvalue weighted by molar-refractivity contribution is 5.72. The van der Waals surface area contributed by atoms with Crippen LogP contribution in [0.15, 0.2) is 47.0 Å². The Labute approximate surface area is 169 Å². The molecular weight excluding hydrogens is 392 g/mol. The minimum atomic E-state index is -0.546. The second-order valence-electron chi connectivity index (χ2n) is 6.29. The summed E-state index contributed by atoms with van der Waals surface area (Å²) in [5.41, 5.74) is 1.61. The Morgan fingerprint density at radius 1 is 1.03 bits per heavy atom. The molecule has 7 nitrogen and oxygen atoms in total. The van der Waals surface area contributed by atoms with Crippen LogP contribution >= 0.6 is 0 Å². The van der Waals surface area contributed by atoms with Gasteiger partial charge in [-0.25, -0.2) is 18.7 Å². The molecule has 0 amide bonds. The molecule has 4 rings (SSSR count). The van der Waals surface area contributed by atoms with Crippen molar-refractivity contribution in [2.24, 2.45) is 0 Å². The summed E-state index contributed by atoms with van der Waals surface area (Å²) < 4.78 is 38.7. The first-order valence-corrected chi connectivity index (χ1v) is 8.71. The summed E-state index contributed by atoms with van der Waals surface area (Å²) in [6, 6.07) is 10.8. The van der Waals surface area contributed by atoms with E-state index in [2.05, 4.69) is 20.2 Å². The molecule has 0 unspecified atom stereocenters. The number of hydrogen-bond acceptors (Lipinski definition) is 7. The van der Waals surface area contributed by atoms with Gasteiger partial charge in [-0.1, -0.05) is 0 Å². The summed E-state index contributed by atoms with van der Waals surface area (Å²) in [5, 5.41) is 17.1. The lowest BCUT2D eigenvalue weighted by Crippen LogP contribution is -1.97. The van der Waals surface area contributed by atoms with Crippen molar-refractivity contribution in [3.05, 3.63) is 65.5 Å². The van der Waals surface area contributed by atoms with E-state index in [0.29, 0.717) is 22.6 Å². The van der Waals surface area contributed by atoms with Crippen LogP contribution in [0.25, 0.3) is 34.3 Å². The Bertz CT molecular complexity index is 1280. The maximum absolute atomic E-state index is 14.9. The van der Waals surface area contributed by atoms with Gasteiger partial charge in [0, 0.05) is 5.56 Å². The lowest BCUT2D eigenvalue weighted by atomic mass is 10.0. The maximum Gasteiger partial charge on any atom is 0.266 e. The van der Waals surface area contributed by atoms with Gasteiger partial charge in [-0.2, -0.15) is 5.26 Å². The number of nitrogens with zero attached hydrogens (tertiary/aromatic N) is 5. The molecule has 0 saturated carbocycles. The summed E-state index contributed by atoms with van der Waals surface area (Å²) in [6.07, 6.45) is 1.03. The molecule has 4 aromatic rings. The van der Waals surface area contributed by atoms with E-state index >= 15 is 0 Å². The fourth-order valence-electron chi connectivity index (χ4n) is 2.85. The molecule has 0 fully saturated rings. The third kappa shape index (κ3) is 3.58. The molecular formula is C21H13F2N5O2. The van der Waals surface area contributed by atoms with Gasteiger partial charge in [0.1, 0.15) is 23.0 Å². The van der Waals surface area contributed by atoms with Gasteiger partial charge in [-0.3, -0.25) is 0 Å². The van der Waals surface area contributed by atoms with Crippen molar-refractivity contribution < 1.29 is 17.9 Å². The van der Waals surface area contributed by atoms with Crippen LogP contribution in [-0.4, -0.2) is 27.3 Å². The number of halogens is 2. The highest BCUT2D eigenvalue weighted by Crippen LogP contribution is 2.32. The molecule has 0 radical (unpaired) electrons. The number of hydrogen-bond donors (Lipinski definition) is 0. The summed E-state index contributed by atoms with van der Waals surface area (Å²) in [6.45, 7) is 1.51. The van der Waals surface area contributed by atoms with E-state index in [-0.39, 0.29) is 28.7 Å². The first kappa shape index (κ1) is 19.1. The van der Waals surface area contributed by atoms with Crippen LogP contribution in [0.1, 0.15) is 11.3 Å². The van der Waals surface area contributed by atoms with Crippen LogP contribution in [-0.2, 0) is 0 Å². The third-order valence-electron chi connectivity index (χ3n) is 4.30. The van der Waals surface area contributed by atoms with Crippen LogP contribution in [0, 0.1) is 29.9 Å². The highest BCUT2D eigenvalue weighted by Gasteiger charge is 2.18. The van der Waals surface area contributed by atoms with Crippen LogP contribution in [0.4, 0.5) is 8.78 Å². The van der Waals surface area contributed by atoms with E-state index in [1.54, 1.807) is 18.2 Å². The van der Waals surface area contributed by atoms with Gasteiger partial charge in [-0.15, -0.1) is 10.2 Å². The van der Waals surface area contributed by atoms with E-state index in [1.165, 1.54) is 32.2 Å². The van der Waals surface area contributed by atoms with Crippen molar-refractivity contribution in [2.75, 3.05) is 7.11 Å². The minimum Gasteiger partial charge on any atom is -0.497 e. The number of nitriles is 1. The zero-order valence-electron chi connectivity index (χ0n) is 15.8. The Hall–Kier alpha value is -4.19. The number of rotatable bonds is 4. The number of benzene rings is 1. The fraction of sp³-hybridized carbons (Fsp3) is 0.0952. The molecule has 0 aliphatic rings. The Kier molecular flexibility index (Phi) is 4.90. The van der Waals surface area contributed by atoms with Crippen LogP contribution < -0.4 is 4.74 Å². The Balaban J connectivity index is 1.80. The van der Waals surface area contributed by atoms with E-state index in [0.717, 1.165) is 6.20 Å². The second-order valence-corrected chi connectivity index (χ2v) is 6.29. The van der Waals surface area contributed by atoms with Gasteiger partial charge in [0.15, 0.2) is 5.82 Å². The number of ether oxygens (including phenoxy) is 1. The normalized spacial score (nSPS) is 10.6. The third-order valence-corrected chi connectivity index (χ3v) is 4.30. The quantitative estimate of drug-likeness (QED) is 0.498. The van der Waals surface area contributed by atoms with Gasteiger partial charge in [-0.05, 0) is 48.9 Å². The number of pyridine rings is 2. The number of aryl methyl sites for hydroxylation is 1. The molecule has 30 heavy (non-hydrogen) atoms. The van der Waals surface area contributed by atoms with Crippen molar-refractivity contribution in [3.63, 3.8) is 0 Å². The zero-order valence-corrected chi connectivity index (χ0v) is 15.8. The topological polar surface area (TPSA) is 97.7 Å². The lowest BCUT2D eigenvalue weighted by molar-refractivity contribution is 0.415. The number of methoxy groups -OCH3 is 1. The standard InChI is InChI=1S/C21H13F2N5O2/c1-11-19(23)16(13-5-12(9-24)6-15(7-13)29-2)8-18(26-11)21-28-27-20(30-21)17-4-3-14(22)10-25-17/h3-8,10H,1-2H3. The Morgan fingerprint density at radius 3 is 2.47 bits per heavy atom. The molecule has 3 heterocycles. The van der Waals surface area contributed by atoms with Crippen LogP contribution in [0.3, 0.4) is 0 Å². The summed E-state index contributed by atoms with van der Waals surface area (Å²) >= 11 is 0. The molecule has 0 N–H and O–H groups in total. The first-order chi connectivity index (χ1) is 14.5. The van der Waals surface area contributed by atoms with E-state index in [1.807, 2.05) is 6.07 Å². The van der Waals surface area contributed by atoms with Crippen LogP contribution in [0.2, 0.25) is 0 Å². The summed E-state index contributed by atoms with van der Waals surface area (Å²) in [7, 11) is 1.46. The monoisotopic (exact) mass is 405 g/mol. The smallest absolute Gasteiger partial charge is 0.266 e. The molecule has 9 heteroatoms. The predicted molar refractivity (Wildman–Crippen MR) is 102 cm³/mol. The van der Waals surface area contributed by atoms with Crippen molar-refractivity contribution in [1.82, 2.24) is 20.2 Å². The fourth-order valence-corrected chi connectivity index (χ4v) is 2.85. The van der Waals surface area contributed by atoms with E-state index in [4.69, 9.17) is 9.15 Å². The minimum absolute atomic E-state index is 0.0453. The van der Waals surface area contributed by atoms with Crippen molar-refractivity contribution >= 4 is 0 Å². The molecule has 3 aromatic heterocycles. The van der Waals surface area contributed by atoms with Gasteiger partial charge >= 0.3 is 0 Å². The largest absolute Gasteiger partial charge is 0.497 e. The highest BCUT2D eigenvalue weighted by atomic mass is 19.1. The number of aromatic nitrogens is 4. The maximum atomic E-state index is 14.9. The van der Waals surface area contributed by atoms with Crippen molar-refractivity contribution in [3.8, 4) is 46.1 Å². The summed E-state index contributed by atoms with van der Waals surface area (Å²) in [5.74, 6) is -0.501. The van der Waals surface area contributed by atoms with Gasteiger partial charge in [0.05, 0.1) is 30.6 Å². The molecule has 0 saturated heterocycles. The average molecular weight is 405 g/mol. The van der Waals surface area contributed by atoms with Gasteiger partial charge in [0.25, 0.3) is 11.8 Å². The predicted octanol–water partition coefficient (Wildman–Crippen LogP) is 4.33. The molecule has 0 aliphatic carbocycles. The second kappa shape index (κ2) is 7.67. The van der Waals surface area contributed by atoms with Gasteiger partial charge < -0.3 is 9.15 Å². The van der Waals surface area contributed by atoms with Crippen molar-refractivity contribution in [1.29, 1.82) is 5.26 Å². The molecule has 148 valence electrons. The molecule has 0 spiro atoms. The first-order valence-electron chi connectivity index (χ1n) is 8.71. The zero-order chi connectivity index (χ0) is 21.3. The van der Waals surface area contributed by atoms with E-state index < -0.39 is 11.6 Å². The molecule has 0 bridgehead atoms. The average Bonchev–Trinajstić information content (AvgIpc) is 3.26. The molecule has 0 atom stereocenters. The van der Waals surface area contributed by atoms with Crippen molar-refractivity contribution in [2.45, 2.75) is 6.92 Å². The van der Waals surface area contributed by atoms with Crippen LogP contribution in [0.5, 0.6) is 5.75 Å². The van der Waals surface area contributed by atoms with Gasteiger partial charge in [0.2, 0.25) is 0 Å². The van der Waals surface area contributed by atoms with E-state index in [9.17, 15) is 14.0 Å². The summed E-state index contributed by atoms with van der Waals surface area (Å²) in [4.78, 5) is 8.08.